The van der Waals surface area contributed by atoms with Gasteiger partial charge in [-0.1, -0.05) is 0 Å². The van der Waals surface area contributed by atoms with E-state index >= 15 is 0 Å². The Morgan fingerprint density at radius 1 is 1.15 bits per heavy atom. The number of nitrogens with zero attached hydrogens (tertiary/aromatic N) is 4. The van der Waals surface area contributed by atoms with Crippen LogP contribution in [0.4, 0.5) is 19.0 Å². The maximum atomic E-state index is 12.9. The first kappa shape index (κ1) is 17.1. The molecule has 0 aliphatic carbocycles. The number of aryl methyl sites for hydroxylation is 2. The van der Waals surface area contributed by atoms with Crippen LogP contribution in [-0.4, -0.2) is 25.1 Å². The van der Waals surface area contributed by atoms with Gasteiger partial charge in [-0.05, 0) is 37.3 Å². The summed E-state index contributed by atoms with van der Waals surface area (Å²) in [4.78, 5) is 16.9. The molecule has 0 radical (unpaired) electrons. The van der Waals surface area contributed by atoms with Gasteiger partial charge in [-0.3, -0.25) is 4.79 Å². The van der Waals surface area contributed by atoms with Crippen molar-refractivity contribution in [3.63, 3.8) is 0 Å². The van der Waals surface area contributed by atoms with Gasteiger partial charge < -0.3 is 9.88 Å². The third kappa shape index (κ3) is 2.90. The minimum atomic E-state index is -4.44. The van der Waals surface area contributed by atoms with Gasteiger partial charge in [-0.25, -0.2) is 4.98 Å². The molecule has 4 aromatic rings. The molecule has 0 aliphatic rings. The van der Waals surface area contributed by atoms with Crippen molar-refractivity contribution in [2.75, 3.05) is 5.32 Å². The van der Waals surface area contributed by atoms with Crippen LogP contribution in [0.2, 0.25) is 0 Å². The first-order valence-corrected chi connectivity index (χ1v) is 8.03. The predicted molar refractivity (Wildman–Crippen MR) is 93.6 cm³/mol. The molecule has 0 aliphatic heterocycles. The van der Waals surface area contributed by atoms with E-state index in [0.717, 1.165) is 17.8 Å². The summed E-state index contributed by atoms with van der Waals surface area (Å²) in [6, 6.07) is 8.20. The lowest BCUT2D eigenvalue weighted by Crippen LogP contribution is -2.17. The van der Waals surface area contributed by atoms with E-state index in [2.05, 4.69) is 15.4 Å². The van der Waals surface area contributed by atoms with Gasteiger partial charge in [-0.2, -0.15) is 22.8 Å². The molecule has 27 heavy (non-hydrogen) atoms. The van der Waals surface area contributed by atoms with E-state index in [1.807, 2.05) is 6.92 Å². The van der Waals surface area contributed by atoms with Crippen molar-refractivity contribution in [1.29, 1.82) is 0 Å². The number of carbonyl (C=O) groups is 1. The Bertz CT molecular complexity index is 1190. The molecule has 1 amide bonds. The second-order valence-electron chi connectivity index (χ2n) is 6.20. The van der Waals surface area contributed by atoms with Gasteiger partial charge in [0.25, 0.3) is 5.91 Å². The van der Waals surface area contributed by atoms with Crippen molar-refractivity contribution in [2.45, 2.75) is 13.1 Å². The van der Waals surface area contributed by atoms with E-state index < -0.39 is 17.6 Å². The first-order chi connectivity index (χ1) is 12.7. The number of hydrogen-bond acceptors (Lipinski definition) is 3. The highest BCUT2D eigenvalue weighted by atomic mass is 19.4. The van der Waals surface area contributed by atoms with E-state index in [0.29, 0.717) is 22.4 Å². The number of nitrogens with one attached hydrogen (secondary N) is 1. The van der Waals surface area contributed by atoms with Gasteiger partial charge in [0.2, 0.25) is 0 Å². The van der Waals surface area contributed by atoms with Crippen LogP contribution in [0.25, 0.3) is 16.6 Å². The normalized spacial score (nSPS) is 12.0. The number of carbonyl (C=O) groups excluding carboxylic acids is 1. The molecule has 0 bridgehead atoms. The van der Waals surface area contributed by atoms with Crippen LogP contribution in [0.15, 0.2) is 42.6 Å². The monoisotopic (exact) mass is 373 g/mol. The number of alkyl halides is 3. The molecule has 1 aromatic carbocycles. The lowest BCUT2D eigenvalue weighted by molar-refractivity contribution is -0.137. The molecular formula is C18H14F3N5O. The lowest BCUT2D eigenvalue weighted by atomic mass is 10.1. The minimum Gasteiger partial charge on any atom is -0.340 e. The Labute approximate surface area is 151 Å². The Morgan fingerprint density at radius 3 is 2.67 bits per heavy atom. The van der Waals surface area contributed by atoms with E-state index in [1.54, 1.807) is 29.9 Å². The summed E-state index contributed by atoms with van der Waals surface area (Å²) >= 11 is 0. The second kappa shape index (κ2) is 5.83. The Hall–Kier alpha value is -3.36. The smallest absolute Gasteiger partial charge is 0.340 e. The summed E-state index contributed by atoms with van der Waals surface area (Å²) in [6.07, 6.45) is -2.89. The van der Waals surface area contributed by atoms with Crippen LogP contribution >= 0.6 is 0 Å². The molecule has 4 rings (SSSR count). The fourth-order valence-corrected chi connectivity index (χ4v) is 3.03. The van der Waals surface area contributed by atoms with Crippen molar-refractivity contribution < 1.29 is 18.0 Å². The van der Waals surface area contributed by atoms with Crippen molar-refractivity contribution in [3.8, 4) is 0 Å². The number of anilines is 1. The molecule has 3 aromatic heterocycles. The molecule has 0 saturated heterocycles. The standard InChI is InChI=1S/C18H14F3N5O/c1-10-7-16-22-6-5-15(26(16)24-10)23-17(27)14-9-11-8-12(18(19,20)21)3-4-13(11)25(14)2/h3-9H,1-2H3,(H,23,27). The molecule has 0 spiro atoms. The van der Waals surface area contributed by atoms with Gasteiger partial charge >= 0.3 is 6.18 Å². The molecule has 9 heteroatoms. The zero-order valence-corrected chi connectivity index (χ0v) is 14.4. The average Bonchev–Trinajstić information content (AvgIpc) is 3.14. The van der Waals surface area contributed by atoms with Gasteiger partial charge in [0.05, 0.1) is 11.3 Å². The Balaban J connectivity index is 1.73. The van der Waals surface area contributed by atoms with Crippen molar-refractivity contribution >= 4 is 28.3 Å². The second-order valence-corrected chi connectivity index (χ2v) is 6.20. The van der Waals surface area contributed by atoms with Crippen molar-refractivity contribution in [1.82, 2.24) is 19.2 Å². The zero-order valence-electron chi connectivity index (χ0n) is 14.4. The number of aromatic nitrogens is 4. The van der Waals surface area contributed by atoms with Crippen LogP contribution in [0.3, 0.4) is 0 Å². The predicted octanol–water partition coefficient (Wildman–Crippen LogP) is 3.80. The summed E-state index contributed by atoms with van der Waals surface area (Å²) in [7, 11) is 1.63. The largest absolute Gasteiger partial charge is 0.416 e. The number of halogens is 3. The molecule has 138 valence electrons. The zero-order chi connectivity index (χ0) is 19.3. The summed E-state index contributed by atoms with van der Waals surface area (Å²) in [5, 5.41) is 7.35. The van der Waals surface area contributed by atoms with E-state index in [1.165, 1.54) is 16.6 Å². The van der Waals surface area contributed by atoms with Gasteiger partial charge in [0.1, 0.15) is 11.5 Å². The van der Waals surface area contributed by atoms with Crippen molar-refractivity contribution in [3.05, 3.63) is 59.5 Å². The van der Waals surface area contributed by atoms with Gasteiger partial charge in [-0.15, -0.1) is 0 Å². The maximum absolute atomic E-state index is 12.9. The third-order valence-corrected chi connectivity index (χ3v) is 4.32. The SMILES string of the molecule is Cc1cc2nccc(NC(=O)c3cc4cc(C(F)(F)F)ccc4n3C)n2n1. The molecular weight excluding hydrogens is 359 g/mol. The number of benzene rings is 1. The number of hydrogen-bond donors (Lipinski definition) is 1. The molecule has 0 fully saturated rings. The fourth-order valence-electron chi connectivity index (χ4n) is 3.03. The highest BCUT2D eigenvalue weighted by Gasteiger charge is 2.31. The molecule has 0 unspecified atom stereocenters. The van der Waals surface area contributed by atoms with E-state index in [-0.39, 0.29) is 5.69 Å². The summed E-state index contributed by atoms with van der Waals surface area (Å²) in [5.74, 6) is -0.0396. The lowest BCUT2D eigenvalue weighted by Gasteiger charge is -2.08. The van der Waals surface area contributed by atoms with Crippen molar-refractivity contribution in [2.24, 2.45) is 7.05 Å². The average molecular weight is 373 g/mol. The Kier molecular flexibility index (Phi) is 3.69. The third-order valence-electron chi connectivity index (χ3n) is 4.32. The molecule has 3 heterocycles. The van der Waals surface area contributed by atoms with Crippen LogP contribution < -0.4 is 5.32 Å². The quantitative estimate of drug-likeness (QED) is 0.581. The van der Waals surface area contributed by atoms with Crippen LogP contribution in [0, 0.1) is 6.92 Å². The topological polar surface area (TPSA) is 64.2 Å². The maximum Gasteiger partial charge on any atom is 0.416 e. The highest BCUT2D eigenvalue weighted by Crippen LogP contribution is 2.32. The van der Waals surface area contributed by atoms with Crippen LogP contribution in [0.1, 0.15) is 21.7 Å². The summed E-state index contributed by atoms with van der Waals surface area (Å²) < 4.78 is 41.8. The molecule has 0 atom stereocenters. The van der Waals surface area contributed by atoms with Gasteiger partial charge in [0.15, 0.2) is 5.65 Å². The van der Waals surface area contributed by atoms with E-state index in [9.17, 15) is 18.0 Å². The molecule has 6 nitrogen and oxygen atoms in total. The minimum absolute atomic E-state index is 0.234. The highest BCUT2D eigenvalue weighted by molar-refractivity contribution is 6.06. The first-order valence-electron chi connectivity index (χ1n) is 8.03. The van der Waals surface area contributed by atoms with Crippen LogP contribution in [0.5, 0.6) is 0 Å². The number of rotatable bonds is 2. The molecule has 1 N–H and O–H groups in total. The van der Waals surface area contributed by atoms with Gasteiger partial charge in [0, 0.05) is 30.2 Å². The summed E-state index contributed by atoms with van der Waals surface area (Å²) in [6.45, 7) is 1.81. The summed E-state index contributed by atoms with van der Waals surface area (Å²) in [5.41, 5.74) is 1.34. The number of fused-ring (bicyclic) bond motifs is 2. The Morgan fingerprint density at radius 2 is 1.93 bits per heavy atom. The van der Waals surface area contributed by atoms with E-state index in [4.69, 9.17) is 0 Å². The fraction of sp³-hybridized carbons (Fsp3) is 0.167. The van der Waals surface area contributed by atoms with Crippen LogP contribution in [-0.2, 0) is 13.2 Å². The molecule has 0 saturated carbocycles. The number of amides is 1.